The van der Waals surface area contributed by atoms with Crippen molar-refractivity contribution in [1.82, 2.24) is 10.2 Å². The summed E-state index contributed by atoms with van der Waals surface area (Å²) in [5.41, 5.74) is 2.69. The Morgan fingerprint density at radius 2 is 1.53 bits per heavy atom. The van der Waals surface area contributed by atoms with Gasteiger partial charge in [0.25, 0.3) is 0 Å². The van der Waals surface area contributed by atoms with E-state index in [4.69, 9.17) is 9.47 Å². The molecule has 43 heavy (non-hydrogen) atoms. The third kappa shape index (κ3) is 10.8. The number of hydrogen-bond acceptors (Lipinski definition) is 6. The Kier molecular flexibility index (Phi) is 13.1. The lowest BCUT2D eigenvalue weighted by Gasteiger charge is -2.29. The van der Waals surface area contributed by atoms with Crippen molar-refractivity contribution in [2.24, 2.45) is 0 Å². The molecule has 0 aliphatic carbocycles. The number of unbranched alkanes of at least 4 members (excludes halogenated alkanes) is 2. The number of carbonyl (C=O) groups excluding carboxylic acids is 2. The lowest BCUT2D eigenvalue weighted by Crippen LogP contribution is -2.46. The van der Waals surface area contributed by atoms with Gasteiger partial charge in [0.05, 0.1) is 19.8 Å². The largest absolute Gasteiger partial charge is 0.497 e. The monoisotopic (exact) mass is 586 g/mol. The van der Waals surface area contributed by atoms with E-state index in [1.807, 2.05) is 42.5 Å². The van der Waals surface area contributed by atoms with Crippen LogP contribution in [0.3, 0.4) is 0 Å². The number of Topliss-reactive ketones (excluding diaryl/α,β-unsaturated/α-hetero) is 1. The second kappa shape index (κ2) is 17.4. The molecular weight excluding hydrogens is 540 g/mol. The number of benzene rings is 3. The molecule has 3 aromatic carbocycles. The van der Waals surface area contributed by atoms with E-state index in [1.54, 1.807) is 31.4 Å². The number of ketones is 1. The number of hydrogen-bond donors (Lipinski definition) is 2. The minimum Gasteiger partial charge on any atom is -0.497 e. The van der Waals surface area contributed by atoms with Gasteiger partial charge in [0, 0.05) is 24.9 Å². The van der Waals surface area contributed by atoms with Gasteiger partial charge in [-0.05, 0) is 106 Å². The highest BCUT2D eigenvalue weighted by molar-refractivity contribution is 5.96. The van der Waals surface area contributed by atoms with E-state index in [-0.39, 0.29) is 11.7 Å². The summed E-state index contributed by atoms with van der Waals surface area (Å²) < 4.78 is 10.9. The van der Waals surface area contributed by atoms with Crippen molar-refractivity contribution in [1.29, 1.82) is 0 Å². The van der Waals surface area contributed by atoms with Gasteiger partial charge in [0.15, 0.2) is 5.78 Å². The van der Waals surface area contributed by atoms with E-state index in [2.05, 4.69) is 22.3 Å². The fourth-order valence-corrected chi connectivity index (χ4v) is 5.49. The molecule has 0 spiro atoms. The summed E-state index contributed by atoms with van der Waals surface area (Å²) in [7, 11) is 1.60. The Morgan fingerprint density at radius 1 is 0.837 bits per heavy atom. The van der Waals surface area contributed by atoms with Gasteiger partial charge in [0.2, 0.25) is 5.91 Å². The summed E-state index contributed by atoms with van der Waals surface area (Å²) in [5, 5.41) is 14.4. The van der Waals surface area contributed by atoms with Crippen molar-refractivity contribution in [2.45, 2.75) is 69.9 Å². The van der Waals surface area contributed by atoms with Crippen LogP contribution in [0.5, 0.6) is 11.5 Å². The average molecular weight is 587 g/mol. The molecule has 1 aliphatic heterocycles. The summed E-state index contributed by atoms with van der Waals surface area (Å²) in [5.74, 6) is 1.59. The molecule has 2 atom stereocenters. The maximum absolute atomic E-state index is 12.9. The molecule has 1 amide bonds. The normalized spacial score (nSPS) is 14.7. The number of aryl methyl sites for hydroxylation is 1. The SMILES string of the molecule is COc1ccc(C(=O)CCCCC(=O)N[C@H](CN2CCCC2)[C@H](O)c2ccc(CCCCOc3ccccc3)cc2)cc1. The summed E-state index contributed by atoms with van der Waals surface area (Å²) in [6.07, 6.45) is 6.40. The molecule has 0 radical (unpaired) electrons. The molecule has 2 N–H and O–H groups in total. The van der Waals surface area contributed by atoms with Crippen molar-refractivity contribution in [3.63, 3.8) is 0 Å². The van der Waals surface area contributed by atoms with Gasteiger partial charge in [-0.3, -0.25) is 9.59 Å². The van der Waals surface area contributed by atoms with Gasteiger partial charge in [-0.2, -0.15) is 0 Å². The number of para-hydroxylation sites is 1. The van der Waals surface area contributed by atoms with Crippen LogP contribution < -0.4 is 14.8 Å². The molecule has 1 heterocycles. The van der Waals surface area contributed by atoms with Crippen LogP contribution in [-0.2, 0) is 11.2 Å². The fraction of sp³-hybridized carbons (Fsp3) is 0.444. The number of aliphatic hydroxyl groups excluding tert-OH is 1. The maximum atomic E-state index is 12.9. The van der Waals surface area contributed by atoms with E-state index >= 15 is 0 Å². The maximum Gasteiger partial charge on any atom is 0.220 e. The quantitative estimate of drug-likeness (QED) is 0.137. The number of rotatable bonds is 18. The Labute approximate surface area is 256 Å². The van der Waals surface area contributed by atoms with E-state index < -0.39 is 12.1 Å². The fourth-order valence-electron chi connectivity index (χ4n) is 5.49. The highest BCUT2D eigenvalue weighted by Gasteiger charge is 2.26. The Bertz CT molecular complexity index is 1240. The Hall–Kier alpha value is -3.68. The van der Waals surface area contributed by atoms with Crippen molar-refractivity contribution in [3.05, 3.63) is 95.6 Å². The Morgan fingerprint density at radius 3 is 2.23 bits per heavy atom. The minimum atomic E-state index is -0.797. The van der Waals surface area contributed by atoms with Crippen molar-refractivity contribution < 1.29 is 24.2 Å². The number of amides is 1. The number of likely N-dealkylation sites (tertiary alicyclic amines) is 1. The number of nitrogens with zero attached hydrogens (tertiary/aromatic N) is 1. The van der Waals surface area contributed by atoms with Crippen LogP contribution in [0.15, 0.2) is 78.9 Å². The lowest BCUT2D eigenvalue weighted by molar-refractivity contribution is -0.123. The predicted molar refractivity (Wildman–Crippen MR) is 170 cm³/mol. The number of nitrogens with one attached hydrogen (secondary N) is 1. The standard InChI is InChI=1S/C36H46N2O5/c1-42-31-22-20-29(21-23-31)34(39)14-5-6-15-35(40)37-33(27-38-24-8-9-25-38)36(41)30-18-16-28(17-19-30)11-7-10-26-43-32-12-3-2-4-13-32/h2-4,12-13,16-23,33,36,41H,5-11,14-15,24-27H2,1H3,(H,37,40)/t33-,36-/m1/s1. The summed E-state index contributed by atoms with van der Waals surface area (Å²) in [6.45, 7) is 3.28. The highest BCUT2D eigenvalue weighted by atomic mass is 16.5. The van der Waals surface area contributed by atoms with Gasteiger partial charge >= 0.3 is 0 Å². The van der Waals surface area contributed by atoms with Gasteiger partial charge in [-0.1, -0.05) is 42.5 Å². The molecule has 4 rings (SSSR count). The number of aliphatic hydroxyl groups is 1. The topological polar surface area (TPSA) is 88.1 Å². The molecule has 3 aromatic rings. The number of methoxy groups -OCH3 is 1. The highest BCUT2D eigenvalue weighted by Crippen LogP contribution is 2.22. The first-order chi connectivity index (χ1) is 21.0. The molecular formula is C36H46N2O5. The van der Waals surface area contributed by atoms with E-state index in [0.717, 1.165) is 62.3 Å². The second-order valence-electron chi connectivity index (χ2n) is 11.3. The molecule has 0 bridgehead atoms. The first kappa shape index (κ1) is 32.2. The average Bonchev–Trinajstić information content (AvgIpc) is 3.56. The van der Waals surface area contributed by atoms with Crippen LogP contribution in [0.1, 0.15) is 79.0 Å². The molecule has 1 aliphatic rings. The van der Waals surface area contributed by atoms with Gasteiger partial charge in [-0.25, -0.2) is 0 Å². The third-order valence-electron chi connectivity index (χ3n) is 8.04. The van der Waals surface area contributed by atoms with E-state index in [0.29, 0.717) is 44.4 Å². The van der Waals surface area contributed by atoms with Crippen LogP contribution >= 0.6 is 0 Å². The molecule has 7 heteroatoms. The zero-order chi connectivity index (χ0) is 30.3. The second-order valence-corrected chi connectivity index (χ2v) is 11.3. The zero-order valence-electron chi connectivity index (χ0n) is 25.4. The molecule has 1 saturated heterocycles. The van der Waals surface area contributed by atoms with Crippen molar-refractivity contribution in [3.8, 4) is 11.5 Å². The molecule has 230 valence electrons. The van der Waals surface area contributed by atoms with E-state index in [1.165, 1.54) is 5.56 Å². The van der Waals surface area contributed by atoms with Crippen molar-refractivity contribution >= 4 is 11.7 Å². The van der Waals surface area contributed by atoms with Crippen LogP contribution in [0.4, 0.5) is 0 Å². The summed E-state index contributed by atoms with van der Waals surface area (Å²) in [4.78, 5) is 27.7. The molecule has 0 unspecified atom stereocenters. The predicted octanol–water partition coefficient (Wildman–Crippen LogP) is 6.15. The number of ether oxygens (including phenoxy) is 2. The molecule has 7 nitrogen and oxygen atoms in total. The van der Waals surface area contributed by atoms with Gasteiger partial charge in [0.1, 0.15) is 17.6 Å². The van der Waals surface area contributed by atoms with Crippen LogP contribution in [0, 0.1) is 0 Å². The van der Waals surface area contributed by atoms with E-state index in [9.17, 15) is 14.7 Å². The first-order valence-corrected chi connectivity index (χ1v) is 15.7. The van der Waals surface area contributed by atoms with Gasteiger partial charge < -0.3 is 24.8 Å². The molecule has 0 aromatic heterocycles. The minimum absolute atomic E-state index is 0.0642. The summed E-state index contributed by atoms with van der Waals surface area (Å²) >= 11 is 0. The third-order valence-corrected chi connectivity index (χ3v) is 8.04. The zero-order valence-corrected chi connectivity index (χ0v) is 25.4. The molecule has 0 saturated carbocycles. The van der Waals surface area contributed by atoms with Crippen LogP contribution in [0.25, 0.3) is 0 Å². The van der Waals surface area contributed by atoms with Crippen LogP contribution in [0.2, 0.25) is 0 Å². The summed E-state index contributed by atoms with van der Waals surface area (Å²) in [6, 6.07) is 24.7. The number of carbonyl (C=O) groups is 2. The van der Waals surface area contributed by atoms with Crippen LogP contribution in [-0.4, -0.2) is 61.1 Å². The lowest BCUT2D eigenvalue weighted by atomic mass is 9.98. The first-order valence-electron chi connectivity index (χ1n) is 15.7. The van der Waals surface area contributed by atoms with Crippen molar-refractivity contribution in [2.75, 3.05) is 33.4 Å². The molecule has 1 fully saturated rings. The Balaban J connectivity index is 1.22. The van der Waals surface area contributed by atoms with Gasteiger partial charge in [-0.15, -0.1) is 0 Å². The smallest absolute Gasteiger partial charge is 0.220 e.